The van der Waals surface area contributed by atoms with Gasteiger partial charge in [0.15, 0.2) is 5.82 Å². The number of H-pyrrole nitrogens is 1. The molecule has 0 spiro atoms. The second-order valence-electron chi connectivity index (χ2n) is 8.80. The van der Waals surface area contributed by atoms with E-state index in [1.54, 1.807) is 6.07 Å². The molecule has 166 valence electrons. The van der Waals surface area contributed by atoms with E-state index in [1.807, 2.05) is 37.0 Å². The van der Waals surface area contributed by atoms with Crippen LogP contribution in [0, 0.1) is 12.7 Å². The van der Waals surface area contributed by atoms with Crippen LogP contribution in [-0.2, 0) is 7.05 Å². The minimum atomic E-state index is -0.378. The molecule has 0 fully saturated rings. The molecule has 1 aliphatic carbocycles. The zero-order valence-electron chi connectivity index (χ0n) is 18.3. The van der Waals surface area contributed by atoms with Crippen LogP contribution < -0.4 is 11.4 Å². The number of allylic oxidation sites excluding steroid dienone is 1. The van der Waals surface area contributed by atoms with Crippen molar-refractivity contribution in [3.05, 3.63) is 82.8 Å². The monoisotopic (exact) mass is 442 g/mol. The van der Waals surface area contributed by atoms with E-state index < -0.39 is 0 Å². The van der Waals surface area contributed by atoms with E-state index in [1.165, 1.54) is 16.7 Å². The standard InChI is InChI=1S/C25H23FN6O/c1-14-3-7-21-18(9-14)20(12-30(21)2)24-28-29-25(33)32(24)23-13-31(17-6-5-16(27)11-17)22-8-4-15(26)10-19(22)23/h3-10,12-13,16-17H,11,27H2,1-2H3,(H,29,33)/t16-,17+/m1/s1. The van der Waals surface area contributed by atoms with Gasteiger partial charge in [0.1, 0.15) is 5.82 Å². The maximum Gasteiger partial charge on any atom is 0.348 e. The lowest BCUT2D eigenvalue weighted by Gasteiger charge is -2.13. The van der Waals surface area contributed by atoms with Gasteiger partial charge in [-0.2, -0.15) is 5.10 Å². The fourth-order valence-electron chi connectivity index (χ4n) is 4.96. The third kappa shape index (κ3) is 2.98. The molecule has 2 atom stereocenters. The first-order valence-electron chi connectivity index (χ1n) is 10.9. The van der Waals surface area contributed by atoms with Crippen molar-refractivity contribution in [2.24, 2.45) is 12.8 Å². The second-order valence-corrected chi connectivity index (χ2v) is 8.80. The Bertz CT molecular complexity index is 1630. The van der Waals surface area contributed by atoms with Crippen LogP contribution in [0.15, 0.2) is 65.7 Å². The fraction of sp³-hybridized carbons (Fsp3) is 0.200. The number of nitrogens with zero attached hydrogens (tertiary/aromatic N) is 4. The lowest BCUT2D eigenvalue weighted by molar-refractivity contribution is 0.575. The Labute approximate surface area is 188 Å². The van der Waals surface area contributed by atoms with Gasteiger partial charge >= 0.3 is 5.69 Å². The number of nitrogens with one attached hydrogen (secondary N) is 1. The van der Waals surface area contributed by atoms with Gasteiger partial charge in [-0.15, -0.1) is 0 Å². The van der Waals surface area contributed by atoms with Crippen LogP contribution in [0.1, 0.15) is 18.0 Å². The molecular formula is C25H23FN6O. The highest BCUT2D eigenvalue weighted by atomic mass is 19.1. The maximum absolute atomic E-state index is 14.3. The summed E-state index contributed by atoms with van der Waals surface area (Å²) in [5, 5.41) is 8.62. The summed E-state index contributed by atoms with van der Waals surface area (Å²) in [6, 6.07) is 10.9. The van der Waals surface area contributed by atoms with Crippen LogP contribution in [0.3, 0.4) is 0 Å². The number of nitrogens with two attached hydrogens (primary N) is 1. The van der Waals surface area contributed by atoms with E-state index >= 15 is 0 Å². The number of aryl methyl sites for hydroxylation is 2. The lowest BCUT2D eigenvalue weighted by atomic mass is 10.1. The van der Waals surface area contributed by atoms with Crippen molar-refractivity contribution in [3.8, 4) is 17.1 Å². The molecule has 3 N–H and O–H groups in total. The second kappa shape index (κ2) is 7.05. The molecule has 0 amide bonds. The molecule has 2 aromatic carbocycles. The molecule has 8 heteroatoms. The molecule has 3 heterocycles. The highest BCUT2D eigenvalue weighted by Gasteiger charge is 2.24. The van der Waals surface area contributed by atoms with Crippen LogP contribution in [0.5, 0.6) is 0 Å². The summed E-state index contributed by atoms with van der Waals surface area (Å²) < 4.78 is 19.9. The number of benzene rings is 2. The summed E-state index contributed by atoms with van der Waals surface area (Å²) in [5.41, 5.74) is 10.1. The van der Waals surface area contributed by atoms with Gasteiger partial charge < -0.3 is 14.9 Å². The summed E-state index contributed by atoms with van der Waals surface area (Å²) in [6.45, 7) is 2.03. The molecule has 33 heavy (non-hydrogen) atoms. The van der Waals surface area contributed by atoms with Crippen LogP contribution in [0.4, 0.5) is 4.39 Å². The Hall–Kier alpha value is -3.91. The number of hydrogen-bond acceptors (Lipinski definition) is 3. The zero-order valence-corrected chi connectivity index (χ0v) is 18.3. The number of aromatic amines is 1. The van der Waals surface area contributed by atoms with Crippen LogP contribution in [0.25, 0.3) is 38.9 Å². The molecule has 5 aromatic rings. The van der Waals surface area contributed by atoms with Gasteiger partial charge in [-0.3, -0.25) is 0 Å². The average molecular weight is 442 g/mol. The number of aromatic nitrogens is 5. The molecule has 0 radical (unpaired) electrons. The molecule has 0 aliphatic heterocycles. The minimum Gasteiger partial charge on any atom is -0.350 e. The summed E-state index contributed by atoms with van der Waals surface area (Å²) in [6.07, 6.45) is 8.65. The van der Waals surface area contributed by atoms with Crippen LogP contribution in [0.2, 0.25) is 0 Å². The van der Waals surface area contributed by atoms with E-state index in [4.69, 9.17) is 5.73 Å². The highest BCUT2D eigenvalue weighted by Crippen LogP contribution is 2.35. The molecular weight excluding hydrogens is 419 g/mol. The normalized spacial score (nSPS) is 18.2. The van der Waals surface area contributed by atoms with Crippen LogP contribution >= 0.6 is 0 Å². The Morgan fingerprint density at radius 1 is 1.09 bits per heavy atom. The Balaban J connectivity index is 1.63. The largest absolute Gasteiger partial charge is 0.350 e. The van der Waals surface area contributed by atoms with E-state index in [2.05, 4.69) is 39.0 Å². The Morgan fingerprint density at radius 2 is 1.91 bits per heavy atom. The first-order valence-corrected chi connectivity index (χ1v) is 10.9. The van der Waals surface area contributed by atoms with Crippen LogP contribution in [-0.4, -0.2) is 29.9 Å². The first kappa shape index (κ1) is 19.8. The van der Waals surface area contributed by atoms with Gasteiger partial charge in [-0.25, -0.2) is 18.9 Å². The predicted molar refractivity (Wildman–Crippen MR) is 127 cm³/mol. The predicted octanol–water partition coefficient (Wildman–Crippen LogP) is 3.95. The van der Waals surface area contributed by atoms with E-state index in [0.29, 0.717) is 16.9 Å². The van der Waals surface area contributed by atoms with Gasteiger partial charge in [-0.05, 0) is 43.7 Å². The summed E-state index contributed by atoms with van der Waals surface area (Å²) in [5.74, 6) is 0.122. The molecule has 0 unspecified atom stereocenters. The molecule has 0 saturated heterocycles. The Kier molecular flexibility index (Phi) is 4.22. The number of fused-ring (bicyclic) bond motifs is 2. The van der Waals surface area contributed by atoms with Crippen molar-refractivity contribution in [2.75, 3.05) is 0 Å². The van der Waals surface area contributed by atoms with Gasteiger partial charge in [-0.1, -0.05) is 23.8 Å². The third-order valence-electron chi connectivity index (χ3n) is 6.52. The molecule has 0 bridgehead atoms. The first-order chi connectivity index (χ1) is 15.9. The summed E-state index contributed by atoms with van der Waals surface area (Å²) >= 11 is 0. The van der Waals surface area contributed by atoms with Crippen molar-refractivity contribution in [2.45, 2.75) is 25.4 Å². The smallest absolute Gasteiger partial charge is 0.348 e. The molecule has 0 saturated carbocycles. The van der Waals surface area contributed by atoms with E-state index in [-0.39, 0.29) is 23.6 Å². The molecule has 7 nitrogen and oxygen atoms in total. The SMILES string of the molecule is Cc1ccc2c(c1)c(-c1n[nH]c(=O)n1-c1cn([C@H]3C=C[C@@H](N)C3)c3ccc(F)cc13)cn2C. The third-order valence-corrected chi connectivity index (χ3v) is 6.52. The molecule has 3 aromatic heterocycles. The number of halogens is 1. The van der Waals surface area contributed by atoms with Crippen molar-refractivity contribution >= 4 is 21.8 Å². The lowest BCUT2D eigenvalue weighted by Crippen LogP contribution is -2.17. The highest BCUT2D eigenvalue weighted by molar-refractivity contribution is 5.96. The van der Waals surface area contributed by atoms with Crippen molar-refractivity contribution in [1.29, 1.82) is 0 Å². The van der Waals surface area contributed by atoms with Crippen molar-refractivity contribution < 1.29 is 4.39 Å². The summed E-state index contributed by atoms with van der Waals surface area (Å²) in [7, 11) is 1.97. The summed E-state index contributed by atoms with van der Waals surface area (Å²) in [4.78, 5) is 13.0. The molecule has 1 aliphatic rings. The quantitative estimate of drug-likeness (QED) is 0.415. The van der Waals surface area contributed by atoms with Crippen molar-refractivity contribution in [1.82, 2.24) is 23.9 Å². The van der Waals surface area contributed by atoms with Crippen molar-refractivity contribution in [3.63, 3.8) is 0 Å². The average Bonchev–Trinajstić information content (AvgIpc) is 3.53. The fourth-order valence-corrected chi connectivity index (χ4v) is 4.96. The Morgan fingerprint density at radius 3 is 2.70 bits per heavy atom. The van der Waals surface area contributed by atoms with Gasteiger partial charge in [0.25, 0.3) is 0 Å². The van der Waals surface area contributed by atoms with Gasteiger partial charge in [0.2, 0.25) is 0 Å². The zero-order chi connectivity index (χ0) is 22.9. The van der Waals surface area contributed by atoms with Gasteiger partial charge in [0.05, 0.1) is 17.2 Å². The number of rotatable bonds is 3. The topological polar surface area (TPSA) is 86.6 Å². The minimum absolute atomic E-state index is 0.0255. The van der Waals surface area contributed by atoms with E-state index in [0.717, 1.165) is 34.0 Å². The van der Waals surface area contributed by atoms with Gasteiger partial charge in [0, 0.05) is 47.3 Å². The maximum atomic E-state index is 14.3. The molecule has 6 rings (SSSR count). The van der Waals surface area contributed by atoms with E-state index in [9.17, 15) is 9.18 Å². The number of hydrogen-bond donors (Lipinski definition) is 2.